The van der Waals surface area contributed by atoms with Crippen molar-refractivity contribution in [3.63, 3.8) is 0 Å². The number of likely N-dealkylation sites (N-methyl/N-ethyl adjacent to an activating group) is 1. The molecule has 0 fully saturated rings. The molecular formula is C22H29NO2S. The third kappa shape index (κ3) is 5.89. The zero-order chi connectivity index (χ0) is 18.9. The van der Waals surface area contributed by atoms with Crippen molar-refractivity contribution in [3.05, 3.63) is 71.8 Å². The lowest BCUT2D eigenvalue weighted by atomic mass is 10.0. The van der Waals surface area contributed by atoms with E-state index in [2.05, 4.69) is 24.0 Å². The van der Waals surface area contributed by atoms with E-state index in [1.807, 2.05) is 69.6 Å². The summed E-state index contributed by atoms with van der Waals surface area (Å²) in [6.45, 7) is 4.12. The van der Waals surface area contributed by atoms with E-state index in [9.17, 15) is 4.79 Å². The number of hydrogen-bond acceptors (Lipinski definition) is 4. The predicted octanol–water partition coefficient (Wildman–Crippen LogP) is 4.93. The number of ether oxygens (including phenoxy) is 1. The highest BCUT2D eigenvalue weighted by atomic mass is 32.2. The number of rotatable bonds is 9. The van der Waals surface area contributed by atoms with E-state index in [0.29, 0.717) is 0 Å². The smallest absolute Gasteiger partial charge is 0.319 e. The van der Waals surface area contributed by atoms with Gasteiger partial charge in [-0.1, -0.05) is 67.6 Å². The third-order valence-corrected chi connectivity index (χ3v) is 5.98. The monoisotopic (exact) mass is 371 g/mol. The van der Waals surface area contributed by atoms with E-state index in [1.54, 1.807) is 11.8 Å². The van der Waals surface area contributed by atoms with Crippen LogP contribution in [-0.4, -0.2) is 36.3 Å². The van der Waals surface area contributed by atoms with E-state index in [1.165, 1.54) is 5.56 Å². The van der Waals surface area contributed by atoms with Crippen LogP contribution in [0.15, 0.2) is 60.7 Å². The lowest BCUT2D eigenvalue weighted by Gasteiger charge is -2.30. The first kappa shape index (κ1) is 20.5. The molecule has 0 aliphatic heterocycles. The van der Waals surface area contributed by atoms with E-state index >= 15 is 0 Å². The van der Waals surface area contributed by atoms with Crippen LogP contribution in [0.2, 0.25) is 0 Å². The maximum atomic E-state index is 12.8. The van der Waals surface area contributed by atoms with Crippen LogP contribution < -0.4 is 0 Å². The fraction of sp³-hybridized carbons (Fsp3) is 0.409. The highest BCUT2D eigenvalue weighted by Gasteiger charge is 2.28. The molecule has 0 radical (unpaired) electrons. The lowest BCUT2D eigenvalue weighted by Crippen LogP contribution is -2.35. The molecule has 3 nitrogen and oxygen atoms in total. The Morgan fingerprint density at radius 3 is 2.15 bits per heavy atom. The summed E-state index contributed by atoms with van der Waals surface area (Å²) in [6, 6.07) is 20.3. The van der Waals surface area contributed by atoms with E-state index in [4.69, 9.17) is 4.74 Å². The zero-order valence-corrected chi connectivity index (χ0v) is 16.9. The largest absolute Gasteiger partial charge is 0.455 e. The van der Waals surface area contributed by atoms with Gasteiger partial charge in [-0.2, -0.15) is 0 Å². The van der Waals surface area contributed by atoms with Crippen LogP contribution in [0, 0.1) is 0 Å². The van der Waals surface area contributed by atoms with Gasteiger partial charge in [0.05, 0.1) is 0 Å². The van der Waals surface area contributed by atoms with Gasteiger partial charge in [-0.15, -0.1) is 11.8 Å². The summed E-state index contributed by atoms with van der Waals surface area (Å²) in [6.07, 6.45) is 0.485. The molecule has 0 bridgehead atoms. The standard InChI is InChI=1S/C22H29NO2S/c1-5-20(26-16-18-12-8-6-9-13-18)22(24)25-21(17(2)23(3)4)19-14-10-7-11-15-19/h6-15,17,20-21H,5,16H2,1-4H3/t17-,20+,21-/m0/s1. The molecule has 2 aromatic rings. The molecular weight excluding hydrogens is 342 g/mol. The van der Waals surface area contributed by atoms with Crippen molar-refractivity contribution in [1.82, 2.24) is 4.90 Å². The number of hydrogen-bond donors (Lipinski definition) is 0. The number of nitrogens with zero attached hydrogens (tertiary/aromatic N) is 1. The molecule has 0 N–H and O–H groups in total. The Bertz CT molecular complexity index is 660. The second-order valence-electron chi connectivity index (χ2n) is 6.67. The van der Waals surface area contributed by atoms with Gasteiger partial charge < -0.3 is 9.64 Å². The van der Waals surface area contributed by atoms with Crippen molar-refractivity contribution in [2.45, 2.75) is 43.4 Å². The Hall–Kier alpha value is -1.78. The molecule has 0 amide bonds. The zero-order valence-electron chi connectivity index (χ0n) is 16.1. The second-order valence-corrected chi connectivity index (χ2v) is 7.86. The number of esters is 1. The maximum Gasteiger partial charge on any atom is 0.319 e. The molecule has 2 aromatic carbocycles. The van der Waals surface area contributed by atoms with Crippen molar-refractivity contribution in [2.24, 2.45) is 0 Å². The molecule has 0 saturated heterocycles. The van der Waals surface area contributed by atoms with Crippen LogP contribution in [0.5, 0.6) is 0 Å². The summed E-state index contributed by atoms with van der Waals surface area (Å²) in [7, 11) is 4.02. The minimum atomic E-state index is -0.273. The van der Waals surface area contributed by atoms with Gasteiger partial charge in [-0.3, -0.25) is 4.79 Å². The Morgan fingerprint density at radius 1 is 1.04 bits per heavy atom. The quantitative estimate of drug-likeness (QED) is 0.584. The van der Waals surface area contributed by atoms with Gasteiger partial charge in [-0.25, -0.2) is 0 Å². The Balaban J connectivity index is 2.06. The summed E-state index contributed by atoms with van der Waals surface area (Å²) >= 11 is 1.65. The predicted molar refractivity (Wildman–Crippen MR) is 110 cm³/mol. The fourth-order valence-electron chi connectivity index (χ4n) is 2.68. The number of benzene rings is 2. The normalized spacial score (nSPS) is 14.7. The Kier molecular flexibility index (Phi) is 8.20. The van der Waals surface area contributed by atoms with E-state index < -0.39 is 0 Å². The van der Waals surface area contributed by atoms with Gasteiger partial charge >= 0.3 is 5.97 Å². The lowest BCUT2D eigenvalue weighted by molar-refractivity contribution is -0.151. The number of thioether (sulfide) groups is 1. The van der Waals surface area contributed by atoms with Crippen LogP contribution >= 0.6 is 11.8 Å². The molecule has 0 aliphatic carbocycles. The van der Waals surface area contributed by atoms with Crippen LogP contribution in [0.4, 0.5) is 0 Å². The average Bonchev–Trinajstić information content (AvgIpc) is 2.67. The molecule has 0 spiro atoms. The van der Waals surface area contributed by atoms with Crippen molar-refractivity contribution >= 4 is 17.7 Å². The summed E-state index contributed by atoms with van der Waals surface area (Å²) in [5, 5.41) is -0.157. The van der Waals surface area contributed by atoms with Crippen LogP contribution in [-0.2, 0) is 15.3 Å². The van der Waals surface area contributed by atoms with Crippen LogP contribution in [0.3, 0.4) is 0 Å². The number of carbonyl (C=O) groups is 1. The van der Waals surface area contributed by atoms with Crippen LogP contribution in [0.1, 0.15) is 37.5 Å². The summed E-state index contributed by atoms with van der Waals surface area (Å²) in [5.41, 5.74) is 2.26. The topological polar surface area (TPSA) is 29.5 Å². The molecule has 0 aliphatic rings. The molecule has 0 saturated carbocycles. The molecule has 140 valence electrons. The number of carbonyl (C=O) groups excluding carboxylic acids is 1. The molecule has 2 rings (SSSR count). The molecule has 4 heteroatoms. The highest BCUT2D eigenvalue weighted by molar-refractivity contribution is 7.99. The van der Waals surface area contributed by atoms with E-state index in [0.717, 1.165) is 17.7 Å². The molecule has 0 aromatic heterocycles. The van der Waals surface area contributed by atoms with Gasteiger partial charge in [0.25, 0.3) is 0 Å². The highest BCUT2D eigenvalue weighted by Crippen LogP contribution is 2.28. The van der Waals surface area contributed by atoms with Gasteiger partial charge in [0.15, 0.2) is 0 Å². The maximum absolute atomic E-state index is 12.8. The second kappa shape index (κ2) is 10.4. The van der Waals surface area contributed by atoms with E-state index in [-0.39, 0.29) is 23.4 Å². The van der Waals surface area contributed by atoms with Gasteiger partial charge in [-0.05, 0) is 38.6 Å². The molecule has 0 unspecified atom stereocenters. The first-order valence-electron chi connectivity index (χ1n) is 9.10. The Labute approximate surface area is 161 Å². The van der Waals surface area contributed by atoms with Crippen molar-refractivity contribution in [2.75, 3.05) is 14.1 Å². The fourth-order valence-corrected chi connectivity index (χ4v) is 3.70. The van der Waals surface area contributed by atoms with Gasteiger partial charge in [0.2, 0.25) is 0 Å². The van der Waals surface area contributed by atoms with Crippen molar-refractivity contribution in [3.8, 4) is 0 Å². The first-order valence-corrected chi connectivity index (χ1v) is 10.1. The van der Waals surface area contributed by atoms with Crippen molar-refractivity contribution in [1.29, 1.82) is 0 Å². The summed E-state index contributed by atoms with van der Waals surface area (Å²) in [5.74, 6) is 0.684. The van der Waals surface area contributed by atoms with Gasteiger partial charge in [0, 0.05) is 11.8 Å². The summed E-state index contributed by atoms with van der Waals surface area (Å²) < 4.78 is 6.00. The van der Waals surface area contributed by atoms with Gasteiger partial charge in [0.1, 0.15) is 11.4 Å². The third-order valence-electron chi connectivity index (χ3n) is 4.55. The molecule has 3 atom stereocenters. The minimum Gasteiger partial charge on any atom is -0.455 e. The SMILES string of the molecule is CC[C@@H](SCc1ccccc1)C(=O)O[C@H](c1ccccc1)[C@H](C)N(C)C. The van der Waals surface area contributed by atoms with Crippen LogP contribution in [0.25, 0.3) is 0 Å². The molecule has 0 heterocycles. The molecule has 26 heavy (non-hydrogen) atoms. The Morgan fingerprint density at radius 2 is 1.62 bits per heavy atom. The first-order chi connectivity index (χ1) is 12.5. The summed E-state index contributed by atoms with van der Waals surface area (Å²) in [4.78, 5) is 14.9. The minimum absolute atomic E-state index is 0.0954. The average molecular weight is 372 g/mol. The van der Waals surface area contributed by atoms with Crippen molar-refractivity contribution < 1.29 is 9.53 Å².